The van der Waals surface area contributed by atoms with Crippen LogP contribution in [0.2, 0.25) is 0 Å². The van der Waals surface area contributed by atoms with Crippen LogP contribution in [0.25, 0.3) is 56.5 Å². The predicted octanol–water partition coefficient (Wildman–Crippen LogP) is 8.72. The molecule has 0 saturated carbocycles. The summed E-state index contributed by atoms with van der Waals surface area (Å²) in [7, 11) is 2.21. The monoisotopic (exact) mass is 537 g/mol. The summed E-state index contributed by atoms with van der Waals surface area (Å²) in [4.78, 5) is 5.22. The van der Waals surface area contributed by atoms with E-state index >= 15 is 0 Å². The molecule has 1 aliphatic rings. The molecule has 4 nitrogen and oxygen atoms in total. The highest BCUT2D eigenvalue weighted by atomic mass is 15.2. The Balaban J connectivity index is 1.63. The normalized spacial score (nSPS) is 12.9. The maximum Gasteiger partial charge on any atom is 0.297 e. The summed E-state index contributed by atoms with van der Waals surface area (Å²) in [5.41, 5.74) is 13.6. The molecule has 2 aromatic heterocycles. The highest BCUT2D eigenvalue weighted by molar-refractivity contribution is 5.95. The van der Waals surface area contributed by atoms with Crippen LogP contribution in [0, 0.1) is 6.92 Å². The molecule has 204 valence electrons. The summed E-state index contributed by atoms with van der Waals surface area (Å²) in [5.74, 6) is 2.95. The first kappa shape index (κ1) is 25.5. The number of benzene rings is 4. The SMILES string of the molecule is Cc1ccc2c(nc3n2C=CC3)c1-c1n(-c2c(C(C)C)cc(-c3ccccc3)cc2C(C)C)c2ccccc2[n+]1C. The topological polar surface area (TPSA) is 26.6 Å². The Morgan fingerprint density at radius 2 is 1.46 bits per heavy atom. The fourth-order valence-corrected chi connectivity index (χ4v) is 6.60. The van der Waals surface area contributed by atoms with E-state index in [1.165, 1.54) is 61.4 Å². The second-order valence-corrected chi connectivity index (χ2v) is 12.0. The zero-order valence-corrected chi connectivity index (χ0v) is 24.8. The van der Waals surface area contributed by atoms with E-state index in [2.05, 4.69) is 147 Å². The molecule has 0 radical (unpaired) electrons. The minimum atomic E-state index is 0.337. The van der Waals surface area contributed by atoms with Crippen LogP contribution in [-0.4, -0.2) is 14.1 Å². The van der Waals surface area contributed by atoms with E-state index in [0.29, 0.717) is 11.8 Å². The molecule has 0 saturated heterocycles. The van der Waals surface area contributed by atoms with Crippen molar-refractivity contribution in [3.8, 4) is 28.2 Å². The van der Waals surface area contributed by atoms with E-state index in [1.54, 1.807) is 0 Å². The van der Waals surface area contributed by atoms with Gasteiger partial charge in [-0.15, -0.1) is 0 Å². The summed E-state index contributed by atoms with van der Waals surface area (Å²) in [6.45, 7) is 11.5. The van der Waals surface area contributed by atoms with Crippen LogP contribution >= 0.6 is 0 Å². The summed E-state index contributed by atoms with van der Waals surface area (Å²) in [6.07, 6.45) is 5.23. The largest absolute Gasteiger partial charge is 0.303 e. The average Bonchev–Trinajstić information content (AvgIpc) is 3.65. The Hall–Kier alpha value is -4.44. The van der Waals surface area contributed by atoms with Gasteiger partial charge in [-0.3, -0.25) is 0 Å². The summed E-state index contributed by atoms with van der Waals surface area (Å²) in [6, 6.07) is 28.9. The smallest absolute Gasteiger partial charge is 0.297 e. The first-order valence-corrected chi connectivity index (χ1v) is 14.8. The molecule has 0 aliphatic carbocycles. The fourth-order valence-electron chi connectivity index (χ4n) is 6.60. The van der Waals surface area contributed by atoms with Gasteiger partial charge in [-0.05, 0) is 65.8 Å². The zero-order chi connectivity index (χ0) is 28.4. The molecule has 7 rings (SSSR count). The Labute approximate surface area is 242 Å². The van der Waals surface area contributed by atoms with E-state index < -0.39 is 0 Å². The second kappa shape index (κ2) is 9.59. The number of fused-ring (bicyclic) bond motifs is 4. The quantitative estimate of drug-likeness (QED) is 0.202. The van der Waals surface area contributed by atoms with Crippen molar-refractivity contribution in [3.05, 3.63) is 107 Å². The highest BCUT2D eigenvalue weighted by Gasteiger charge is 2.34. The number of nitrogens with zero attached hydrogens (tertiary/aromatic N) is 4. The number of rotatable bonds is 5. The lowest BCUT2D eigenvalue weighted by Gasteiger charge is -2.21. The van der Waals surface area contributed by atoms with Gasteiger partial charge in [0.25, 0.3) is 5.82 Å². The van der Waals surface area contributed by atoms with Gasteiger partial charge in [0, 0.05) is 23.7 Å². The molecule has 41 heavy (non-hydrogen) atoms. The molecule has 0 atom stereocenters. The van der Waals surface area contributed by atoms with Gasteiger partial charge in [0.1, 0.15) is 17.0 Å². The van der Waals surface area contributed by atoms with Crippen molar-refractivity contribution in [2.75, 3.05) is 0 Å². The standard InChI is InChI=1S/C37H37N4/c1-23(2)28-21-27(26-13-8-7-9-14-26)22-29(24(3)4)36(28)41-31-16-11-10-15-30(31)39(6)37(41)34-25(5)18-19-32-35(34)38-33-17-12-20-40(32)33/h7-16,18-24H,17H2,1-6H3/q+1. The van der Waals surface area contributed by atoms with Gasteiger partial charge in [0.15, 0.2) is 11.0 Å². The second-order valence-electron chi connectivity index (χ2n) is 12.0. The van der Waals surface area contributed by atoms with E-state index in [4.69, 9.17) is 4.98 Å². The van der Waals surface area contributed by atoms with Crippen molar-refractivity contribution in [3.63, 3.8) is 0 Å². The number of imidazole rings is 2. The van der Waals surface area contributed by atoms with Crippen molar-refractivity contribution in [2.24, 2.45) is 7.05 Å². The summed E-state index contributed by atoms with van der Waals surface area (Å²) in [5, 5.41) is 0. The van der Waals surface area contributed by atoms with Crippen molar-refractivity contribution in [1.29, 1.82) is 0 Å². The summed E-state index contributed by atoms with van der Waals surface area (Å²) < 4.78 is 7.16. The van der Waals surface area contributed by atoms with Crippen molar-refractivity contribution < 1.29 is 4.57 Å². The Morgan fingerprint density at radius 3 is 2.17 bits per heavy atom. The van der Waals surface area contributed by atoms with Crippen LogP contribution in [0.4, 0.5) is 0 Å². The molecular weight excluding hydrogens is 500 g/mol. The predicted molar refractivity (Wildman–Crippen MR) is 171 cm³/mol. The lowest BCUT2D eigenvalue weighted by atomic mass is 9.88. The van der Waals surface area contributed by atoms with Crippen LogP contribution in [0.3, 0.4) is 0 Å². The third kappa shape index (κ3) is 3.88. The van der Waals surface area contributed by atoms with Gasteiger partial charge in [-0.25, -0.2) is 9.55 Å². The molecular formula is C37H37N4+. The first-order valence-electron chi connectivity index (χ1n) is 14.8. The van der Waals surface area contributed by atoms with E-state index in [0.717, 1.165) is 17.8 Å². The first-order chi connectivity index (χ1) is 19.8. The molecule has 4 aromatic carbocycles. The van der Waals surface area contributed by atoms with Crippen molar-refractivity contribution in [1.82, 2.24) is 14.1 Å². The lowest BCUT2D eigenvalue weighted by molar-refractivity contribution is -0.633. The number of hydrogen-bond acceptors (Lipinski definition) is 1. The number of para-hydroxylation sites is 2. The van der Waals surface area contributed by atoms with Crippen molar-refractivity contribution >= 4 is 28.3 Å². The molecule has 0 fully saturated rings. The van der Waals surface area contributed by atoms with Crippen LogP contribution in [0.1, 0.15) is 62.0 Å². The molecule has 1 aliphatic heterocycles. The van der Waals surface area contributed by atoms with Gasteiger partial charge in [0.2, 0.25) is 0 Å². The fraction of sp³-hybridized carbons (Fsp3) is 0.243. The van der Waals surface area contributed by atoms with Crippen LogP contribution < -0.4 is 4.57 Å². The van der Waals surface area contributed by atoms with E-state index in [1.807, 2.05) is 0 Å². The molecule has 6 aromatic rings. The minimum Gasteiger partial charge on any atom is -0.303 e. The highest BCUT2D eigenvalue weighted by Crippen LogP contribution is 2.41. The number of allylic oxidation sites excluding steroid dienone is 1. The molecule has 0 spiro atoms. The average molecular weight is 538 g/mol. The van der Waals surface area contributed by atoms with Crippen LogP contribution in [0.5, 0.6) is 0 Å². The zero-order valence-electron chi connectivity index (χ0n) is 24.8. The third-order valence-corrected chi connectivity index (χ3v) is 8.68. The van der Waals surface area contributed by atoms with Gasteiger partial charge in [0.05, 0.1) is 18.1 Å². The number of aryl methyl sites for hydroxylation is 2. The Bertz CT molecular complexity index is 1950. The van der Waals surface area contributed by atoms with Gasteiger partial charge < -0.3 is 4.57 Å². The Morgan fingerprint density at radius 1 is 0.780 bits per heavy atom. The molecule has 0 amide bonds. The van der Waals surface area contributed by atoms with Crippen LogP contribution in [0.15, 0.2) is 84.9 Å². The van der Waals surface area contributed by atoms with E-state index in [-0.39, 0.29) is 0 Å². The molecule has 0 unspecified atom stereocenters. The molecule has 0 bridgehead atoms. The summed E-state index contributed by atoms with van der Waals surface area (Å²) >= 11 is 0. The lowest BCUT2D eigenvalue weighted by Crippen LogP contribution is -2.30. The Kier molecular flexibility index (Phi) is 5.97. The minimum absolute atomic E-state index is 0.337. The number of hydrogen-bond donors (Lipinski definition) is 0. The number of aromatic nitrogens is 4. The molecule has 0 N–H and O–H groups in total. The maximum atomic E-state index is 5.22. The van der Waals surface area contributed by atoms with Gasteiger partial charge in [-0.1, -0.05) is 82.3 Å². The van der Waals surface area contributed by atoms with Gasteiger partial charge in [-0.2, -0.15) is 4.57 Å². The van der Waals surface area contributed by atoms with Crippen LogP contribution in [-0.2, 0) is 13.5 Å². The van der Waals surface area contributed by atoms with E-state index in [9.17, 15) is 0 Å². The van der Waals surface area contributed by atoms with Crippen molar-refractivity contribution in [2.45, 2.75) is 52.9 Å². The molecule has 4 heteroatoms. The maximum absolute atomic E-state index is 5.22. The third-order valence-electron chi connectivity index (χ3n) is 8.68. The molecule has 3 heterocycles. The van der Waals surface area contributed by atoms with Gasteiger partial charge >= 0.3 is 0 Å².